The number of fused-ring (bicyclic) bond motifs is 2. The van der Waals surface area contributed by atoms with Gasteiger partial charge in [-0.15, -0.1) is 0 Å². The number of anilines is 1. The average Bonchev–Trinajstić information content (AvgIpc) is 3.69. The number of aromatic amines is 2. The number of halogens is 1. The number of aromatic nitrogens is 5. The van der Waals surface area contributed by atoms with E-state index < -0.39 is 0 Å². The normalized spacial score (nSPS) is 13.9. The number of pyridine rings is 2. The molecule has 0 spiro atoms. The molecule has 4 aromatic heterocycles. The van der Waals surface area contributed by atoms with Gasteiger partial charge in [0, 0.05) is 58.3 Å². The van der Waals surface area contributed by atoms with Crippen molar-refractivity contribution in [3.8, 4) is 39.4 Å². The third-order valence-electron chi connectivity index (χ3n) is 8.64. The second-order valence-corrected chi connectivity index (χ2v) is 12.3. The zero-order chi connectivity index (χ0) is 31.6. The Labute approximate surface area is 266 Å². The van der Waals surface area contributed by atoms with Crippen LogP contribution in [-0.4, -0.2) is 63.2 Å². The van der Waals surface area contributed by atoms with Crippen molar-refractivity contribution in [3.05, 3.63) is 79.0 Å². The molecule has 1 amide bonds. The molecule has 10 heteroatoms. The van der Waals surface area contributed by atoms with Crippen LogP contribution in [0.4, 0.5) is 10.1 Å². The monoisotopic (exact) mass is 617 g/mol. The third-order valence-corrected chi connectivity index (χ3v) is 8.64. The summed E-state index contributed by atoms with van der Waals surface area (Å²) in [4.78, 5) is 27.4. The highest BCUT2D eigenvalue weighted by Gasteiger charge is 2.21. The molecule has 6 aromatic rings. The van der Waals surface area contributed by atoms with E-state index in [4.69, 9.17) is 4.74 Å². The molecule has 1 saturated carbocycles. The SMILES string of the molecule is CN(C)CCOc1cc(F)cc(-c2cccc3[nH]c(-c4n[nH]c5ncc(-c6cncc(NC(=O)C7CCCCC7)c6)cc45)cc23)c1. The summed E-state index contributed by atoms with van der Waals surface area (Å²) in [6, 6.07) is 16.7. The lowest BCUT2D eigenvalue weighted by atomic mass is 9.88. The fourth-order valence-corrected chi connectivity index (χ4v) is 6.22. The van der Waals surface area contributed by atoms with Crippen LogP contribution >= 0.6 is 0 Å². The number of carbonyl (C=O) groups excluding carboxylic acids is 1. The van der Waals surface area contributed by atoms with E-state index in [9.17, 15) is 9.18 Å². The lowest BCUT2D eigenvalue weighted by molar-refractivity contribution is -0.120. The van der Waals surface area contributed by atoms with E-state index >= 15 is 0 Å². The van der Waals surface area contributed by atoms with E-state index in [1.807, 2.05) is 61.5 Å². The van der Waals surface area contributed by atoms with Crippen LogP contribution in [0.15, 0.2) is 73.2 Å². The zero-order valence-electron chi connectivity index (χ0n) is 25.9. The summed E-state index contributed by atoms with van der Waals surface area (Å²) in [7, 11) is 3.94. The van der Waals surface area contributed by atoms with Crippen molar-refractivity contribution in [3.63, 3.8) is 0 Å². The number of rotatable bonds is 9. The van der Waals surface area contributed by atoms with E-state index in [0.717, 1.165) is 76.5 Å². The Hall–Kier alpha value is -5.09. The van der Waals surface area contributed by atoms with Crippen LogP contribution in [-0.2, 0) is 4.79 Å². The van der Waals surface area contributed by atoms with Crippen molar-refractivity contribution < 1.29 is 13.9 Å². The van der Waals surface area contributed by atoms with Crippen LogP contribution in [0.25, 0.3) is 55.6 Å². The highest BCUT2D eigenvalue weighted by atomic mass is 19.1. The Kier molecular flexibility index (Phi) is 8.19. The first-order valence-electron chi connectivity index (χ1n) is 15.7. The van der Waals surface area contributed by atoms with E-state index in [1.54, 1.807) is 18.6 Å². The van der Waals surface area contributed by atoms with Gasteiger partial charge in [0.1, 0.15) is 23.9 Å². The number of nitrogens with one attached hydrogen (secondary N) is 3. The molecule has 7 rings (SSSR count). The van der Waals surface area contributed by atoms with Gasteiger partial charge in [-0.25, -0.2) is 9.37 Å². The number of ether oxygens (including phenoxy) is 1. The van der Waals surface area contributed by atoms with Crippen molar-refractivity contribution in [2.24, 2.45) is 5.92 Å². The van der Waals surface area contributed by atoms with Gasteiger partial charge in [0.05, 0.1) is 17.6 Å². The first-order valence-corrected chi connectivity index (χ1v) is 15.7. The van der Waals surface area contributed by atoms with Gasteiger partial charge in [-0.3, -0.25) is 14.9 Å². The number of carbonyl (C=O) groups is 1. The fourth-order valence-electron chi connectivity index (χ4n) is 6.22. The number of benzene rings is 2. The Bertz CT molecular complexity index is 2030. The Balaban J connectivity index is 1.19. The largest absolute Gasteiger partial charge is 0.492 e. The molecule has 46 heavy (non-hydrogen) atoms. The van der Waals surface area contributed by atoms with Gasteiger partial charge < -0.3 is 19.9 Å². The van der Waals surface area contributed by atoms with Crippen LogP contribution < -0.4 is 10.1 Å². The second-order valence-electron chi connectivity index (χ2n) is 12.3. The minimum absolute atomic E-state index is 0.0603. The van der Waals surface area contributed by atoms with Crippen LogP contribution in [0.3, 0.4) is 0 Å². The molecule has 0 unspecified atom stereocenters. The molecular weight excluding hydrogens is 581 g/mol. The lowest BCUT2D eigenvalue weighted by Crippen LogP contribution is -2.24. The van der Waals surface area contributed by atoms with Gasteiger partial charge in [0.15, 0.2) is 5.65 Å². The Morgan fingerprint density at radius 3 is 2.67 bits per heavy atom. The summed E-state index contributed by atoms with van der Waals surface area (Å²) in [6.45, 7) is 1.20. The molecule has 3 N–H and O–H groups in total. The molecular formula is C36H36FN7O2. The first-order chi connectivity index (χ1) is 22.4. The number of likely N-dealkylation sites (N-methyl/N-ethyl adjacent to an activating group) is 1. The molecule has 9 nitrogen and oxygen atoms in total. The summed E-state index contributed by atoms with van der Waals surface area (Å²) in [6.07, 6.45) is 10.5. The molecule has 0 radical (unpaired) electrons. The smallest absolute Gasteiger partial charge is 0.227 e. The Morgan fingerprint density at radius 2 is 1.83 bits per heavy atom. The van der Waals surface area contributed by atoms with Crippen LogP contribution in [0.5, 0.6) is 5.75 Å². The number of H-pyrrole nitrogens is 2. The van der Waals surface area contributed by atoms with Gasteiger partial charge in [-0.05, 0) is 74.5 Å². The van der Waals surface area contributed by atoms with Gasteiger partial charge in [-0.2, -0.15) is 5.10 Å². The maximum atomic E-state index is 14.7. The maximum Gasteiger partial charge on any atom is 0.227 e. The summed E-state index contributed by atoms with van der Waals surface area (Å²) in [5.41, 5.74) is 7.06. The molecule has 234 valence electrons. The molecule has 1 fully saturated rings. The summed E-state index contributed by atoms with van der Waals surface area (Å²) >= 11 is 0. The number of amides is 1. The van der Waals surface area contributed by atoms with E-state index in [1.165, 1.54) is 18.6 Å². The maximum absolute atomic E-state index is 14.7. The van der Waals surface area contributed by atoms with Gasteiger partial charge in [0.2, 0.25) is 5.91 Å². The number of hydrogen-bond acceptors (Lipinski definition) is 6. The standard InChI is InChI=1S/C36H36FN7O2/c1-44(2)11-12-46-28-15-23(13-26(37)17-28)29-9-6-10-32-30(29)18-33(41-32)34-31-16-25(20-39-35(31)43-42-34)24-14-27(21-38-19-24)40-36(45)22-7-4-3-5-8-22/h6,9-10,13-22,41H,3-5,7-8,11-12H2,1-2H3,(H,40,45)(H,39,42,43). The minimum Gasteiger partial charge on any atom is -0.492 e. The average molecular weight is 618 g/mol. The molecule has 2 aromatic carbocycles. The van der Waals surface area contributed by atoms with Crippen molar-refractivity contribution in [1.29, 1.82) is 0 Å². The van der Waals surface area contributed by atoms with E-state index in [-0.39, 0.29) is 17.6 Å². The van der Waals surface area contributed by atoms with Crippen molar-refractivity contribution in [2.45, 2.75) is 32.1 Å². The van der Waals surface area contributed by atoms with Gasteiger partial charge >= 0.3 is 0 Å². The number of nitrogens with zero attached hydrogens (tertiary/aromatic N) is 4. The summed E-state index contributed by atoms with van der Waals surface area (Å²) in [5.74, 6) is 0.265. The third kappa shape index (κ3) is 6.21. The topological polar surface area (TPSA) is 112 Å². The van der Waals surface area contributed by atoms with E-state index in [0.29, 0.717) is 29.4 Å². The summed E-state index contributed by atoms with van der Waals surface area (Å²) in [5, 5.41) is 12.5. The van der Waals surface area contributed by atoms with Gasteiger partial charge in [-0.1, -0.05) is 31.4 Å². The highest BCUT2D eigenvalue weighted by Crippen LogP contribution is 2.36. The highest BCUT2D eigenvalue weighted by molar-refractivity contribution is 6.01. The van der Waals surface area contributed by atoms with Crippen molar-refractivity contribution in [1.82, 2.24) is 30.0 Å². The Morgan fingerprint density at radius 1 is 0.978 bits per heavy atom. The molecule has 0 aliphatic heterocycles. The molecule has 1 aliphatic carbocycles. The van der Waals surface area contributed by atoms with Crippen molar-refractivity contribution in [2.75, 3.05) is 32.6 Å². The lowest BCUT2D eigenvalue weighted by Gasteiger charge is -2.20. The molecule has 4 heterocycles. The minimum atomic E-state index is -0.353. The quantitative estimate of drug-likeness (QED) is 0.156. The van der Waals surface area contributed by atoms with E-state index in [2.05, 4.69) is 30.5 Å². The van der Waals surface area contributed by atoms with Crippen LogP contribution in [0.2, 0.25) is 0 Å². The van der Waals surface area contributed by atoms with Crippen molar-refractivity contribution >= 4 is 33.5 Å². The van der Waals surface area contributed by atoms with Gasteiger partial charge in [0.25, 0.3) is 0 Å². The predicted molar refractivity (Wildman–Crippen MR) is 179 cm³/mol. The molecule has 0 atom stereocenters. The fraction of sp³-hybridized carbons (Fsp3) is 0.278. The molecule has 0 bridgehead atoms. The zero-order valence-corrected chi connectivity index (χ0v) is 25.9. The molecule has 0 saturated heterocycles. The first kappa shape index (κ1) is 29.6. The molecule has 1 aliphatic rings. The van der Waals surface area contributed by atoms with Crippen LogP contribution in [0, 0.1) is 11.7 Å². The number of hydrogen-bond donors (Lipinski definition) is 3. The predicted octanol–water partition coefficient (Wildman–Crippen LogP) is 7.43. The summed E-state index contributed by atoms with van der Waals surface area (Å²) < 4.78 is 20.6. The second kappa shape index (κ2) is 12.7. The van der Waals surface area contributed by atoms with Crippen LogP contribution in [0.1, 0.15) is 32.1 Å².